The van der Waals surface area contributed by atoms with Crippen LogP contribution in [-0.2, 0) is 10.3 Å². The summed E-state index contributed by atoms with van der Waals surface area (Å²) in [7, 11) is 35.7. The van der Waals surface area contributed by atoms with Gasteiger partial charge in [-0.1, -0.05) is 35.0 Å². The van der Waals surface area contributed by atoms with Crippen molar-refractivity contribution in [2.45, 2.75) is 27.6 Å². The van der Waals surface area contributed by atoms with E-state index in [-0.39, 0.29) is 10.6 Å². The first-order chi connectivity index (χ1) is 9.39. The Morgan fingerprint density at radius 3 is 2.05 bits per heavy atom. The highest BCUT2D eigenvalue weighted by Crippen LogP contribution is 2.68. The summed E-state index contributed by atoms with van der Waals surface area (Å²) in [5.41, 5.74) is 4.54. The molecule has 1 fully saturated rings. The molecule has 0 amide bonds. The highest BCUT2D eigenvalue weighted by molar-refractivity contribution is 6.63. The van der Waals surface area contributed by atoms with Crippen molar-refractivity contribution < 1.29 is 4.79 Å². The van der Waals surface area contributed by atoms with Gasteiger partial charge in [0.15, 0.2) is 5.78 Å². The SMILES string of the molecule is [B]C1([B])CC(=O)C(N)(c2ccccc2Cl)C([B])([B])C1([B])[B]. The number of rotatable bonds is 1. The van der Waals surface area contributed by atoms with Crippen LogP contribution < -0.4 is 5.73 Å². The smallest absolute Gasteiger partial charge is 0.155 e. The first-order valence-electron chi connectivity index (χ1n) is 6.20. The van der Waals surface area contributed by atoms with Gasteiger partial charge in [0.05, 0.1) is 52.6 Å². The largest absolute Gasteiger partial charge is 0.316 e. The Morgan fingerprint density at radius 1 is 1.00 bits per heavy atom. The molecule has 12 radical (unpaired) electrons. The van der Waals surface area contributed by atoms with Crippen molar-refractivity contribution in [3.8, 4) is 0 Å². The molecule has 0 saturated heterocycles. The third kappa shape index (κ3) is 2.02. The van der Waals surface area contributed by atoms with Gasteiger partial charge in [-0.2, -0.15) is 0 Å². The van der Waals surface area contributed by atoms with Gasteiger partial charge in [0.2, 0.25) is 0 Å². The molecule has 1 aromatic carbocycles. The number of hydrogen-bond donors (Lipinski definition) is 1. The highest BCUT2D eigenvalue weighted by Gasteiger charge is 2.62. The van der Waals surface area contributed by atoms with E-state index in [1.807, 2.05) is 0 Å². The van der Waals surface area contributed by atoms with E-state index in [1.165, 1.54) is 6.07 Å². The standard InChI is InChI=1S/C12H8B6ClNO/c13-9(14)5-8(21)10(20,12(17,18)11(9,15)16)6-3-1-2-4-7(6)19/h1-4H,5,20H2. The number of carbonyl (C=O) groups is 1. The Kier molecular flexibility index (Phi) is 3.83. The van der Waals surface area contributed by atoms with E-state index in [9.17, 15) is 4.79 Å². The van der Waals surface area contributed by atoms with Crippen LogP contribution in [0.3, 0.4) is 0 Å². The van der Waals surface area contributed by atoms with Gasteiger partial charge in [-0.25, -0.2) is 0 Å². The van der Waals surface area contributed by atoms with Gasteiger partial charge in [-0.3, -0.25) is 4.79 Å². The topological polar surface area (TPSA) is 43.1 Å². The minimum absolute atomic E-state index is 0.214. The van der Waals surface area contributed by atoms with E-state index in [1.54, 1.807) is 18.2 Å². The van der Waals surface area contributed by atoms with Crippen LogP contribution in [0.25, 0.3) is 0 Å². The summed E-state index contributed by atoms with van der Waals surface area (Å²) in [6.45, 7) is 0. The zero-order valence-electron chi connectivity index (χ0n) is 11.3. The number of halogens is 1. The van der Waals surface area contributed by atoms with Crippen LogP contribution in [0, 0.1) is 0 Å². The van der Waals surface area contributed by atoms with Crippen LogP contribution in [-0.4, -0.2) is 52.9 Å². The first kappa shape index (κ1) is 16.9. The number of carbonyl (C=O) groups excluding carboxylic acids is 1. The van der Waals surface area contributed by atoms with Crippen LogP contribution >= 0.6 is 11.6 Å². The number of Topliss-reactive ketones (excluding diaryl/α,β-unsaturated/α-hetero) is 1. The molecule has 9 heteroatoms. The Bertz CT molecular complexity index is 605. The molecule has 1 unspecified atom stereocenters. The van der Waals surface area contributed by atoms with Gasteiger partial charge in [0, 0.05) is 5.02 Å². The number of hydrogen-bond acceptors (Lipinski definition) is 2. The Labute approximate surface area is 137 Å². The molecule has 2 rings (SSSR count). The van der Waals surface area contributed by atoms with Gasteiger partial charge in [-0.15, -0.1) is 10.4 Å². The molecule has 0 aromatic heterocycles. The third-order valence-electron chi connectivity index (χ3n) is 4.30. The van der Waals surface area contributed by atoms with Gasteiger partial charge < -0.3 is 5.73 Å². The van der Waals surface area contributed by atoms with Crippen molar-refractivity contribution in [2.75, 3.05) is 0 Å². The highest BCUT2D eigenvalue weighted by atomic mass is 35.5. The Hall–Kier alpha value is -0.470. The second-order valence-electron chi connectivity index (χ2n) is 5.67. The van der Waals surface area contributed by atoms with Crippen LogP contribution in [0.15, 0.2) is 24.3 Å². The van der Waals surface area contributed by atoms with Crippen molar-refractivity contribution >= 4 is 64.5 Å². The molecule has 21 heavy (non-hydrogen) atoms. The maximum absolute atomic E-state index is 12.6. The summed E-state index contributed by atoms with van der Waals surface area (Å²) < 4.78 is 0. The zero-order valence-corrected chi connectivity index (χ0v) is 12.1. The summed E-state index contributed by atoms with van der Waals surface area (Å²) in [4.78, 5) is 12.6. The fourth-order valence-electron chi connectivity index (χ4n) is 2.65. The lowest BCUT2D eigenvalue weighted by Gasteiger charge is -2.66. The molecule has 0 aliphatic heterocycles. The maximum atomic E-state index is 12.6. The lowest BCUT2D eigenvalue weighted by molar-refractivity contribution is -0.127. The van der Waals surface area contributed by atoms with Crippen molar-refractivity contribution in [3.63, 3.8) is 0 Å². The summed E-state index contributed by atoms with van der Waals surface area (Å²) in [5.74, 6) is -0.586. The average Bonchev–Trinajstić information content (AvgIpc) is 2.35. The van der Waals surface area contributed by atoms with Gasteiger partial charge >= 0.3 is 0 Å². The van der Waals surface area contributed by atoms with Gasteiger partial charge in [-0.05, 0) is 18.1 Å². The summed E-state index contributed by atoms with van der Waals surface area (Å²) in [6.07, 6.45) is -0.391. The molecular weight excluding hydrogens is 274 g/mol. The lowest BCUT2D eigenvalue weighted by Crippen LogP contribution is -2.66. The van der Waals surface area contributed by atoms with Crippen LogP contribution in [0.1, 0.15) is 12.0 Å². The van der Waals surface area contributed by atoms with Crippen molar-refractivity contribution in [1.29, 1.82) is 0 Å². The molecule has 0 heterocycles. The van der Waals surface area contributed by atoms with Crippen LogP contribution in [0.2, 0.25) is 20.7 Å². The third-order valence-corrected chi connectivity index (χ3v) is 4.63. The first-order valence-corrected chi connectivity index (χ1v) is 6.58. The minimum Gasteiger partial charge on any atom is -0.316 e. The quantitative estimate of drug-likeness (QED) is 0.727. The molecular formula is C12H8B6ClNO. The van der Waals surface area contributed by atoms with Crippen LogP contribution in [0.4, 0.5) is 0 Å². The number of nitrogens with two attached hydrogens (primary N) is 1. The second-order valence-corrected chi connectivity index (χ2v) is 6.07. The zero-order chi connectivity index (χ0) is 16.3. The molecule has 2 N–H and O–H groups in total. The second kappa shape index (κ2) is 4.76. The van der Waals surface area contributed by atoms with Crippen molar-refractivity contribution in [3.05, 3.63) is 34.9 Å². The molecule has 92 valence electrons. The van der Waals surface area contributed by atoms with E-state index in [4.69, 9.17) is 64.4 Å². The molecule has 1 saturated carbocycles. The molecule has 1 aliphatic carbocycles. The number of ketones is 1. The Balaban J connectivity index is 2.74. The van der Waals surface area contributed by atoms with Crippen molar-refractivity contribution in [2.24, 2.45) is 5.73 Å². The van der Waals surface area contributed by atoms with E-state index in [0.717, 1.165) is 0 Å². The van der Waals surface area contributed by atoms with Crippen LogP contribution in [0.5, 0.6) is 0 Å². The molecule has 1 atom stereocenters. The predicted octanol–water partition coefficient (Wildman–Crippen LogP) is -0.174. The van der Waals surface area contributed by atoms with Gasteiger partial charge in [0.1, 0.15) is 0 Å². The van der Waals surface area contributed by atoms with Gasteiger partial charge in [0.25, 0.3) is 0 Å². The molecule has 0 bridgehead atoms. The molecule has 2 nitrogen and oxygen atoms in total. The normalized spacial score (nSPS) is 29.9. The average molecular weight is 283 g/mol. The molecule has 0 spiro atoms. The van der Waals surface area contributed by atoms with E-state index < -0.39 is 33.4 Å². The fourth-order valence-corrected chi connectivity index (χ4v) is 2.93. The Morgan fingerprint density at radius 2 is 1.52 bits per heavy atom. The molecule has 1 aliphatic rings. The lowest BCUT2D eigenvalue weighted by atomic mass is 9.12. The van der Waals surface area contributed by atoms with Crippen molar-refractivity contribution in [1.82, 2.24) is 0 Å². The summed E-state index contributed by atoms with van der Waals surface area (Å²) >= 11 is 6.12. The summed E-state index contributed by atoms with van der Waals surface area (Å²) in [5, 5.41) is -5.73. The minimum atomic E-state index is -2.12. The molecule has 1 aromatic rings. The fraction of sp³-hybridized carbons (Fsp3) is 0.417. The predicted molar refractivity (Wildman–Crippen MR) is 89.5 cm³/mol. The number of benzene rings is 1. The summed E-state index contributed by atoms with van der Waals surface area (Å²) in [6, 6.07) is 6.40. The van der Waals surface area contributed by atoms with E-state index in [2.05, 4.69) is 0 Å². The maximum Gasteiger partial charge on any atom is 0.155 e. The van der Waals surface area contributed by atoms with E-state index in [0.29, 0.717) is 0 Å². The monoisotopic (exact) mass is 283 g/mol. The van der Waals surface area contributed by atoms with E-state index >= 15 is 0 Å².